The maximum Gasteiger partial charge on any atom is 0.255 e. The van der Waals surface area contributed by atoms with Crippen molar-refractivity contribution in [3.63, 3.8) is 0 Å². The van der Waals surface area contributed by atoms with E-state index in [2.05, 4.69) is 10.3 Å². The van der Waals surface area contributed by atoms with Gasteiger partial charge in [-0.25, -0.2) is 8.78 Å². The molecule has 1 unspecified atom stereocenters. The summed E-state index contributed by atoms with van der Waals surface area (Å²) >= 11 is 0.546. The monoisotopic (exact) mass is 566 g/mol. The Kier molecular flexibility index (Phi) is 8.04. The topological polar surface area (TPSA) is 98.9 Å². The van der Waals surface area contributed by atoms with E-state index in [1.165, 1.54) is 31.3 Å². The van der Waals surface area contributed by atoms with Gasteiger partial charge in [0.1, 0.15) is 35.2 Å². The number of hydrogen-bond acceptors (Lipinski definition) is 7. The van der Waals surface area contributed by atoms with Crippen molar-refractivity contribution in [1.29, 1.82) is 0 Å². The van der Waals surface area contributed by atoms with Gasteiger partial charge < -0.3 is 19.2 Å². The maximum atomic E-state index is 13.6. The van der Waals surface area contributed by atoms with Crippen molar-refractivity contribution in [3.8, 4) is 11.3 Å². The number of pyridine rings is 1. The van der Waals surface area contributed by atoms with Gasteiger partial charge in [0, 0.05) is 55.8 Å². The number of carbonyl (C=O) groups excluding carboxylic acids is 2. The number of benzene rings is 2. The van der Waals surface area contributed by atoms with Crippen LogP contribution in [-0.2, 0) is 11.2 Å². The van der Waals surface area contributed by atoms with E-state index in [-0.39, 0.29) is 24.2 Å². The average Bonchev–Trinajstić information content (AvgIpc) is 3.35. The van der Waals surface area contributed by atoms with E-state index >= 15 is 0 Å². The number of rotatable bonds is 7. The molecule has 2 N–H and O–H groups in total. The second kappa shape index (κ2) is 11.6. The number of nitrogens with one attached hydrogen (secondary N) is 1. The fourth-order valence-corrected chi connectivity index (χ4v) is 5.43. The summed E-state index contributed by atoms with van der Waals surface area (Å²) in [5.41, 5.74) is 3.33. The first-order valence-electron chi connectivity index (χ1n) is 12.8. The van der Waals surface area contributed by atoms with Crippen molar-refractivity contribution < 1.29 is 27.3 Å². The minimum absolute atomic E-state index is 0.0644. The maximum absolute atomic E-state index is 13.6. The molecule has 1 atom stereocenters. The van der Waals surface area contributed by atoms with Gasteiger partial charge in [-0.05, 0) is 60.9 Å². The van der Waals surface area contributed by atoms with Crippen molar-refractivity contribution >= 4 is 40.7 Å². The molecule has 11 heteroatoms. The Balaban J connectivity index is 1.55. The Morgan fingerprint density at radius 3 is 2.60 bits per heavy atom. The van der Waals surface area contributed by atoms with Gasteiger partial charge >= 0.3 is 0 Å². The second-order valence-corrected chi connectivity index (χ2v) is 10.4. The highest BCUT2D eigenvalue weighted by Crippen LogP contribution is 2.42. The van der Waals surface area contributed by atoms with Crippen LogP contribution in [-0.4, -0.2) is 53.4 Å². The third kappa shape index (κ3) is 5.52. The van der Waals surface area contributed by atoms with Crippen molar-refractivity contribution in [1.82, 2.24) is 15.2 Å². The number of piperidine rings is 1. The molecule has 8 nitrogen and oxygen atoms in total. The number of hydrogen-bond donors (Lipinski definition) is 2. The number of fused-ring (bicyclic) bond motifs is 1. The summed E-state index contributed by atoms with van der Waals surface area (Å²) in [6.45, 7) is 1.02. The van der Waals surface area contributed by atoms with E-state index in [4.69, 9.17) is 4.42 Å². The fourth-order valence-electron chi connectivity index (χ4n) is 5.18. The Bertz CT molecular complexity index is 1540. The molecule has 0 spiro atoms. The quantitative estimate of drug-likeness (QED) is 0.221. The Hall–Kier alpha value is -3.96. The third-order valence-corrected chi connectivity index (χ3v) is 7.64. The standard InChI is InChI=1S/C29H28F2N4O4S/c1-32-29(37)27-23-13-22(18-4-3-11-35(16-18)26(36)12-21-10-9-20(31)15-33-21)24(34(2)40-38)14-25(23)39-28(27)17-5-7-19(30)8-6-17/h5-10,13-15,18,38H,3-4,11-12,16H2,1-2H3,(H,32,37). The lowest BCUT2D eigenvalue weighted by molar-refractivity contribution is -0.131. The number of anilines is 1. The molecule has 40 heavy (non-hydrogen) atoms. The summed E-state index contributed by atoms with van der Waals surface area (Å²) in [6.07, 6.45) is 2.71. The van der Waals surface area contributed by atoms with Crippen LogP contribution in [0.5, 0.6) is 0 Å². The summed E-state index contributed by atoms with van der Waals surface area (Å²) < 4.78 is 44.5. The zero-order valence-electron chi connectivity index (χ0n) is 22.0. The van der Waals surface area contributed by atoms with Gasteiger partial charge in [-0.3, -0.25) is 18.9 Å². The molecule has 1 aliphatic rings. The molecule has 0 aliphatic carbocycles. The first kappa shape index (κ1) is 27.6. The summed E-state index contributed by atoms with van der Waals surface area (Å²) in [4.78, 5) is 32.0. The molecule has 2 aromatic heterocycles. The molecule has 1 saturated heterocycles. The lowest BCUT2D eigenvalue weighted by Crippen LogP contribution is -2.40. The normalized spacial score (nSPS) is 15.3. The van der Waals surface area contributed by atoms with E-state index in [0.717, 1.165) is 24.6 Å². The van der Waals surface area contributed by atoms with Crippen LogP contribution in [0, 0.1) is 11.6 Å². The minimum Gasteiger partial charge on any atom is -0.455 e. The molecule has 4 aromatic rings. The summed E-state index contributed by atoms with van der Waals surface area (Å²) in [7, 11) is 3.24. The predicted octanol–water partition coefficient (Wildman–Crippen LogP) is 5.64. The highest BCUT2D eigenvalue weighted by atomic mass is 32.2. The van der Waals surface area contributed by atoms with E-state index in [0.29, 0.717) is 64.6 Å². The van der Waals surface area contributed by atoms with Gasteiger partial charge in [0.25, 0.3) is 5.91 Å². The van der Waals surface area contributed by atoms with Crippen molar-refractivity contribution in [3.05, 3.63) is 83.2 Å². The number of likely N-dealkylation sites (tertiary alicyclic amines) is 1. The van der Waals surface area contributed by atoms with E-state index < -0.39 is 11.6 Å². The molecule has 1 aliphatic heterocycles. The van der Waals surface area contributed by atoms with Gasteiger partial charge in [-0.2, -0.15) is 0 Å². The molecule has 1 fully saturated rings. The van der Waals surface area contributed by atoms with E-state index in [1.54, 1.807) is 34.5 Å². The molecule has 2 aromatic carbocycles. The van der Waals surface area contributed by atoms with E-state index in [1.807, 2.05) is 6.07 Å². The van der Waals surface area contributed by atoms with Gasteiger partial charge in [0.15, 0.2) is 0 Å². The predicted molar refractivity (Wildman–Crippen MR) is 150 cm³/mol. The third-order valence-electron chi connectivity index (χ3n) is 7.19. The molecular formula is C29H28F2N4O4S. The molecule has 0 bridgehead atoms. The van der Waals surface area contributed by atoms with Crippen molar-refractivity contribution in [2.24, 2.45) is 0 Å². The number of nitrogens with zero attached hydrogens (tertiary/aromatic N) is 3. The molecular weight excluding hydrogens is 538 g/mol. The number of amides is 2. The highest BCUT2D eigenvalue weighted by molar-refractivity contribution is 7.95. The minimum atomic E-state index is -0.457. The average molecular weight is 567 g/mol. The summed E-state index contributed by atoms with van der Waals surface area (Å²) in [5, 5.41) is 3.24. The van der Waals surface area contributed by atoms with Gasteiger partial charge in [0.05, 0.1) is 23.9 Å². The smallest absolute Gasteiger partial charge is 0.255 e. The lowest BCUT2D eigenvalue weighted by atomic mass is 9.88. The first-order valence-corrected chi connectivity index (χ1v) is 13.5. The Morgan fingerprint density at radius 1 is 1.18 bits per heavy atom. The van der Waals surface area contributed by atoms with Crippen LogP contribution in [0.25, 0.3) is 22.3 Å². The van der Waals surface area contributed by atoms with Crippen LogP contribution in [0.2, 0.25) is 0 Å². The van der Waals surface area contributed by atoms with Gasteiger partial charge in [0.2, 0.25) is 5.91 Å². The largest absolute Gasteiger partial charge is 0.455 e. The summed E-state index contributed by atoms with van der Waals surface area (Å²) in [6, 6.07) is 12.2. The molecule has 2 amide bonds. The van der Waals surface area contributed by atoms with Crippen LogP contribution < -0.4 is 9.62 Å². The van der Waals surface area contributed by atoms with Crippen LogP contribution in [0.4, 0.5) is 14.5 Å². The van der Waals surface area contributed by atoms with Crippen LogP contribution >= 0.6 is 12.2 Å². The number of halogens is 2. The first-order chi connectivity index (χ1) is 19.3. The molecule has 0 radical (unpaired) electrons. The highest BCUT2D eigenvalue weighted by Gasteiger charge is 2.30. The van der Waals surface area contributed by atoms with Crippen LogP contribution in [0.3, 0.4) is 0 Å². The van der Waals surface area contributed by atoms with Gasteiger partial charge in [-0.15, -0.1) is 0 Å². The van der Waals surface area contributed by atoms with Crippen molar-refractivity contribution in [2.75, 3.05) is 31.5 Å². The number of aromatic nitrogens is 1. The zero-order chi connectivity index (χ0) is 28.4. The summed E-state index contributed by atoms with van der Waals surface area (Å²) in [5.74, 6) is -1.10. The van der Waals surface area contributed by atoms with Gasteiger partial charge in [-0.1, -0.05) is 0 Å². The second-order valence-electron chi connectivity index (χ2n) is 9.70. The lowest BCUT2D eigenvalue weighted by Gasteiger charge is -2.34. The zero-order valence-corrected chi connectivity index (χ0v) is 22.8. The van der Waals surface area contributed by atoms with E-state index in [9.17, 15) is 22.9 Å². The fraction of sp³-hybridized carbons (Fsp3) is 0.276. The van der Waals surface area contributed by atoms with Crippen LogP contribution in [0.1, 0.15) is 40.4 Å². The SMILES string of the molecule is CNC(=O)c1c(-c2ccc(F)cc2)oc2cc(N(C)SO)c(C3CCCN(C(=O)Cc4ccc(F)cn4)C3)cc12. The number of furan rings is 1. The van der Waals surface area contributed by atoms with Crippen molar-refractivity contribution in [2.45, 2.75) is 25.2 Å². The molecule has 208 valence electrons. The Morgan fingerprint density at radius 2 is 1.93 bits per heavy atom. The number of carbonyl (C=O) groups is 2. The molecule has 3 heterocycles. The van der Waals surface area contributed by atoms with Crippen LogP contribution in [0.15, 0.2) is 59.1 Å². The molecule has 5 rings (SSSR count). The molecule has 0 saturated carbocycles. The Labute approximate surface area is 234 Å².